The molecule has 7 nitrogen and oxygen atoms in total. The molecule has 0 spiro atoms. The number of hydrogen-bond donors (Lipinski definition) is 3. The van der Waals surface area contributed by atoms with Gasteiger partial charge in [-0.25, -0.2) is 0 Å². The Morgan fingerprint density at radius 2 is 1.61 bits per heavy atom. The van der Waals surface area contributed by atoms with Crippen LogP contribution in [-0.4, -0.2) is 29.7 Å². The van der Waals surface area contributed by atoms with E-state index in [-0.39, 0.29) is 5.91 Å². The maximum atomic E-state index is 11.2. The quantitative estimate of drug-likeness (QED) is 0.109. The predicted octanol–water partition coefficient (Wildman–Crippen LogP) is 6.85. The fourth-order valence-corrected chi connectivity index (χ4v) is 4.79. The van der Waals surface area contributed by atoms with Crippen LogP contribution in [-0.2, 0) is 29.3 Å². The Hall–Kier alpha value is -4.17. The van der Waals surface area contributed by atoms with Crippen molar-refractivity contribution in [3.05, 3.63) is 119 Å². The van der Waals surface area contributed by atoms with Gasteiger partial charge < -0.3 is 30.0 Å². The van der Waals surface area contributed by atoms with Crippen LogP contribution in [0.2, 0.25) is 0 Å². The average molecular weight is 597 g/mol. The van der Waals surface area contributed by atoms with Gasteiger partial charge in [0.1, 0.15) is 24.7 Å². The lowest BCUT2D eigenvalue weighted by atomic mass is 9.97. The van der Waals surface area contributed by atoms with Crippen molar-refractivity contribution >= 4 is 5.91 Å². The number of carbonyl (C=O) groups excluding carboxylic acids is 1. The summed E-state index contributed by atoms with van der Waals surface area (Å²) in [6, 6.07) is 30.1. The molecule has 0 aliphatic carbocycles. The molecule has 0 bridgehead atoms. The van der Waals surface area contributed by atoms with E-state index in [9.17, 15) is 9.90 Å². The van der Waals surface area contributed by atoms with Crippen molar-refractivity contribution in [1.29, 1.82) is 0 Å². The maximum Gasteiger partial charge on any atom is 0.216 e. The third-order valence-electron chi connectivity index (χ3n) is 7.05. The molecule has 1 amide bonds. The lowest BCUT2D eigenvalue weighted by Gasteiger charge is -2.24. The highest BCUT2D eigenvalue weighted by atomic mass is 16.6. The summed E-state index contributed by atoms with van der Waals surface area (Å²) in [4.78, 5) is 11.2. The molecule has 3 N–H and O–H groups in total. The van der Waals surface area contributed by atoms with E-state index in [1.54, 1.807) is 0 Å². The van der Waals surface area contributed by atoms with Crippen molar-refractivity contribution in [1.82, 2.24) is 10.6 Å². The number of benzene rings is 4. The summed E-state index contributed by atoms with van der Waals surface area (Å²) >= 11 is 0. The number of carbonyl (C=O) groups is 1. The van der Waals surface area contributed by atoms with Gasteiger partial charge in [-0.1, -0.05) is 72.8 Å². The highest BCUT2D eigenvalue weighted by Crippen LogP contribution is 2.30. The van der Waals surface area contributed by atoms with Crippen LogP contribution in [0.4, 0.5) is 0 Å². The predicted molar refractivity (Wildman–Crippen MR) is 174 cm³/mol. The second-order valence-corrected chi connectivity index (χ2v) is 11.8. The minimum Gasteiger partial charge on any atom is -0.489 e. The van der Waals surface area contributed by atoms with Crippen LogP contribution in [0, 0.1) is 6.92 Å². The van der Waals surface area contributed by atoms with Crippen molar-refractivity contribution in [2.24, 2.45) is 0 Å². The summed E-state index contributed by atoms with van der Waals surface area (Å²) in [5.74, 6) is 1.34. The summed E-state index contributed by atoms with van der Waals surface area (Å²) < 4.78 is 18.3. The Morgan fingerprint density at radius 3 is 2.36 bits per heavy atom. The molecule has 4 aromatic carbocycles. The molecule has 7 heteroatoms. The highest BCUT2D eigenvalue weighted by molar-refractivity contribution is 5.72. The van der Waals surface area contributed by atoms with Gasteiger partial charge in [0, 0.05) is 43.8 Å². The molecule has 0 aliphatic heterocycles. The Morgan fingerprint density at radius 1 is 0.841 bits per heavy atom. The standard InChI is InChI=1S/C37H44N2O5/c1-26-32(15-10-16-34(26)29-12-7-6-8-13-29)25-42-33-18-17-31(23-38-19-20-39-27(2)40)35(22-33)43-24-28-11-9-14-30(21-28)36(41)44-37(3,4)5/h6-18,21-22,36,38,41H,19-20,23-25H2,1-5H3,(H,39,40). The topological polar surface area (TPSA) is 89.1 Å². The third-order valence-corrected chi connectivity index (χ3v) is 7.05. The maximum absolute atomic E-state index is 11.2. The molecule has 4 rings (SSSR count). The third kappa shape index (κ3) is 9.95. The monoisotopic (exact) mass is 596 g/mol. The highest BCUT2D eigenvalue weighted by Gasteiger charge is 2.18. The number of amides is 1. The van der Waals surface area contributed by atoms with Crippen LogP contribution in [0.25, 0.3) is 11.1 Å². The summed E-state index contributed by atoms with van der Waals surface area (Å²) in [6.07, 6.45) is -1.03. The van der Waals surface area contributed by atoms with Crippen molar-refractivity contribution in [2.45, 2.75) is 66.3 Å². The molecule has 4 aromatic rings. The van der Waals surface area contributed by atoms with Crippen molar-refractivity contribution in [3.63, 3.8) is 0 Å². The number of aliphatic hydroxyl groups excluding tert-OH is 1. The molecule has 0 aliphatic rings. The number of aliphatic hydroxyl groups is 1. The van der Waals surface area contributed by atoms with Crippen LogP contribution in [0.15, 0.2) is 91.0 Å². The second kappa shape index (κ2) is 15.5. The Balaban J connectivity index is 1.48. The van der Waals surface area contributed by atoms with Gasteiger partial charge >= 0.3 is 0 Å². The second-order valence-electron chi connectivity index (χ2n) is 11.8. The molecule has 0 fully saturated rings. The Bertz CT molecular complexity index is 1510. The summed E-state index contributed by atoms with van der Waals surface area (Å²) in [5.41, 5.74) is 6.74. The molecule has 44 heavy (non-hydrogen) atoms. The smallest absolute Gasteiger partial charge is 0.216 e. The van der Waals surface area contributed by atoms with E-state index in [0.29, 0.717) is 49.9 Å². The fourth-order valence-electron chi connectivity index (χ4n) is 4.79. The SMILES string of the molecule is CC(=O)NCCNCc1ccc(OCc2cccc(-c3ccccc3)c2C)cc1OCc1cccc(C(O)OC(C)(C)C)c1. The summed E-state index contributed by atoms with van der Waals surface area (Å²) in [5, 5.41) is 16.7. The molecular weight excluding hydrogens is 552 g/mol. The zero-order chi connectivity index (χ0) is 31.5. The number of rotatable bonds is 14. The van der Waals surface area contributed by atoms with Crippen LogP contribution < -0.4 is 20.1 Å². The molecule has 0 aromatic heterocycles. The largest absolute Gasteiger partial charge is 0.489 e. The van der Waals surface area contributed by atoms with Gasteiger partial charge in [-0.3, -0.25) is 4.79 Å². The van der Waals surface area contributed by atoms with Crippen molar-refractivity contribution < 1.29 is 24.1 Å². The van der Waals surface area contributed by atoms with Gasteiger partial charge in [0.25, 0.3) is 0 Å². The molecular formula is C37H44N2O5. The first-order valence-electron chi connectivity index (χ1n) is 15.0. The minimum atomic E-state index is -1.03. The van der Waals surface area contributed by atoms with Crippen LogP contribution in [0.3, 0.4) is 0 Å². The molecule has 0 radical (unpaired) electrons. The molecule has 232 valence electrons. The first kappa shape index (κ1) is 32.7. The Kier molecular flexibility index (Phi) is 11.6. The fraction of sp³-hybridized carbons (Fsp3) is 0.324. The van der Waals surface area contributed by atoms with E-state index in [4.69, 9.17) is 14.2 Å². The van der Waals surface area contributed by atoms with Crippen molar-refractivity contribution in [2.75, 3.05) is 13.1 Å². The van der Waals surface area contributed by atoms with Gasteiger partial charge in [-0.05, 0) is 67.6 Å². The molecule has 1 atom stereocenters. The zero-order valence-electron chi connectivity index (χ0n) is 26.4. The van der Waals surface area contributed by atoms with E-state index in [0.717, 1.165) is 16.7 Å². The van der Waals surface area contributed by atoms with Gasteiger partial charge in [-0.2, -0.15) is 0 Å². The average Bonchev–Trinajstić information content (AvgIpc) is 2.99. The first-order valence-corrected chi connectivity index (χ1v) is 15.0. The number of ether oxygens (including phenoxy) is 3. The number of hydrogen-bond acceptors (Lipinski definition) is 6. The van der Waals surface area contributed by atoms with E-state index < -0.39 is 11.9 Å². The van der Waals surface area contributed by atoms with Crippen LogP contribution in [0.1, 0.15) is 61.8 Å². The molecule has 0 saturated carbocycles. The van der Waals surface area contributed by atoms with E-state index in [2.05, 4.69) is 47.9 Å². The normalized spacial score (nSPS) is 12.0. The summed E-state index contributed by atoms with van der Waals surface area (Å²) in [6.45, 7) is 11.8. The Labute approximate surface area is 261 Å². The van der Waals surface area contributed by atoms with Gasteiger partial charge in [0.15, 0.2) is 6.29 Å². The van der Waals surface area contributed by atoms with Gasteiger partial charge in [0.2, 0.25) is 5.91 Å². The minimum absolute atomic E-state index is 0.0536. The van der Waals surface area contributed by atoms with E-state index in [1.807, 2.05) is 81.4 Å². The lowest BCUT2D eigenvalue weighted by molar-refractivity contribution is -0.169. The molecule has 1 unspecified atom stereocenters. The van der Waals surface area contributed by atoms with E-state index >= 15 is 0 Å². The summed E-state index contributed by atoms with van der Waals surface area (Å²) in [7, 11) is 0. The van der Waals surface area contributed by atoms with Gasteiger partial charge in [0.05, 0.1) is 5.60 Å². The zero-order valence-corrected chi connectivity index (χ0v) is 26.4. The van der Waals surface area contributed by atoms with Crippen LogP contribution in [0.5, 0.6) is 11.5 Å². The molecule has 0 heterocycles. The van der Waals surface area contributed by atoms with E-state index in [1.165, 1.54) is 23.6 Å². The number of nitrogens with one attached hydrogen (secondary N) is 2. The van der Waals surface area contributed by atoms with Crippen molar-refractivity contribution in [3.8, 4) is 22.6 Å². The van der Waals surface area contributed by atoms with Gasteiger partial charge in [-0.15, -0.1) is 0 Å². The molecule has 0 saturated heterocycles. The van der Waals surface area contributed by atoms with Crippen LogP contribution >= 0.6 is 0 Å². The lowest BCUT2D eigenvalue weighted by Crippen LogP contribution is -2.30. The first-order chi connectivity index (χ1) is 21.1.